The molecule has 0 fully saturated rings. The third-order valence-corrected chi connectivity index (χ3v) is 3.36. The van der Waals surface area contributed by atoms with E-state index in [0.717, 1.165) is 5.56 Å². The standard InChI is InChI=1S/C17H11N5O/c1-23-17-7-4-13(10-19)8-16(17)22-11-15(20-21-22)14-5-2-12(9-18)3-6-14/h2-8,11H,1H3. The summed E-state index contributed by atoms with van der Waals surface area (Å²) in [6.45, 7) is 0. The lowest BCUT2D eigenvalue weighted by molar-refractivity contribution is 0.411. The minimum absolute atomic E-state index is 0.510. The second kappa shape index (κ2) is 6.00. The second-order valence-corrected chi connectivity index (χ2v) is 4.74. The van der Waals surface area contributed by atoms with E-state index in [1.54, 1.807) is 48.3 Å². The largest absolute Gasteiger partial charge is 0.494 e. The molecule has 0 radical (unpaired) electrons. The molecule has 0 saturated heterocycles. The van der Waals surface area contributed by atoms with Crippen molar-refractivity contribution in [2.75, 3.05) is 7.11 Å². The van der Waals surface area contributed by atoms with Crippen LogP contribution in [-0.4, -0.2) is 22.1 Å². The quantitative estimate of drug-likeness (QED) is 0.742. The molecule has 23 heavy (non-hydrogen) atoms. The Balaban J connectivity index is 2.02. The van der Waals surface area contributed by atoms with E-state index >= 15 is 0 Å². The van der Waals surface area contributed by atoms with E-state index in [0.29, 0.717) is 28.3 Å². The molecule has 110 valence electrons. The summed E-state index contributed by atoms with van der Waals surface area (Å²) >= 11 is 0. The Hall–Kier alpha value is -3.64. The summed E-state index contributed by atoms with van der Waals surface area (Å²) < 4.78 is 6.87. The summed E-state index contributed by atoms with van der Waals surface area (Å²) in [6, 6.07) is 16.3. The van der Waals surface area contributed by atoms with Crippen LogP contribution in [0, 0.1) is 22.7 Å². The summed E-state index contributed by atoms with van der Waals surface area (Å²) in [4.78, 5) is 0. The molecule has 6 heteroatoms. The molecule has 0 amide bonds. The molecule has 3 aromatic rings. The number of nitriles is 2. The number of hydrogen-bond donors (Lipinski definition) is 0. The highest BCUT2D eigenvalue weighted by Crippen LogP contribution is 2.25. The zero-order valence-electron chi connectivity index (χ0n) is 12.3. The van der Waals surface area contributed by atoms with Crippen molar-refractivity contribution in [1.82, 2.24) is 15.0 Å². The topological polar surface area (TPSA) is 87.5 Å². The molecule has 0 saturated carbocycles. The highest BCUT2D eigenvalue weighted by atomic mass is 16.5. The van der Waals surface area contributed by atoms with Gasteiger partial charge in [-0.25, -0.2) is 4.68 Å². The minimum atomic E-state index is 0.510. The SMILES string of the molecule is COc1ccc(C#N)cc1-n1cc(-c2ccc(C#N)cc2)nn1. The van der Waals surface area contributed by atoms with Crippen LogP contribution < -0.4 is 4.74 Å². The lowest BCUT2D eigenvalue weighted by Gasteiger charge is -2.07. The molecule has 0 bridgehead atoms. The van der Waals surface area contributed by atoms with Crippen LogP contribution in [0.2, 0.25) is 0 Å². The van der Waals surface area contributed by atoms with Crippen LogP contribution in [0.5, 0.6) is 5.75 Å². The molecule has 1 heterocycles. The van der Waals surface area contributed by atoms with Gasteiger partial charge in [0.1, 0.15) is 17.1 Å². The van der Waals surface area contributed by atoms with E-state index in [9.17, 15) is 0 Å². The number of hydrogen-bond acceptors (Lipinski definition) is 5. The summed E-state index contributed by atoms with van der Waals surface area (Å²) in [6.07, 6.45) is 1.75. The van der Waals surface area contributed by atoms with Gasteiger partial charge >= 0.3 is 0 Å². The van der Waals surface area contributed by atoms with E-state index in [1.807, 2.05) is 12.1 Å². The molecule has 2 aromatic carbocycles. The number of methoxy groups -OCH3 is 1. The van der Waals surface area contributed by atoms with E-state index in [4.69, 9.17) is 15.3 Å². The Labute approximate surface area is 132 Å². The van der Waals surface area contributed by atoms with Gasteiger partial charge in [0.2, 0.25) is 0 Å². The van der Waals surface area contributed by atoms with Crippen molar-refractivity contribution < 1.29 is 4.74 Å². The molecule has 3 rings (SSSR count). The number of nitrogens with zero attached hydrogens (tertiary/aromatic N) is 5. The van der Waals surface area contributed by atoms with Gasteiger partial charge in [0.15, 0.2) is 0 Å². The molecular formula is C17H11N5O. The lowest BCUT2D eigenvalue weighted by atomic mass is 10.1. The van der Waals surface area contributed by atoms with E-state index < -0.39 is 0 Å². The highest BCUT2D eigenvalue weighted by molar-refractivity contribution is 5.60. The molecule has 0 unspecified atom stereocenters. The highest BCUT2D eigenvalue weighted by Gasteiger charge is 2.11. The lowest BCUT2D eigenvalue weighted by Crippen LogP contribution is -1.99. The molecule has 1 aromatic heterocycles. The van der Waals surface area contributed by atoms with Crippen LogP contribution >= 0.6 is 0 Å². The van der Waals surface area contributed by atoms with Crippen molar-refractivity contribution in [3.8, 4) is 34.8 Å². The first kappa shape index (κ1) is 14.3. The summed E-state index contributed by atoms with van der Waals surface area (Å²) in [5.74, 6) is 0.597. The van der Waals surface area contributed by atoms with Crippen LogP contribution in [0.3, 0.4) is 0 Å². The first-order chi connectivity index (χ1) is 11.2. The molecule has 0 atom stereocenters. The van der Waals surface area contributed by atoms with Crippen LogP contribution in [-0.2, 0) is 0 Å². The van der Waals surface area contributed by atoms with E-state index in [1.165, 1.54) is 0 Å². The zero-order valence-corrected chi connectivity index (χ0v) is 12.3. The molecule has 6 nitrogen and oxygen atoms in total. The molecule has 0 aliphatic heterocycles. The van der Waals surface area contributed by atoms with Gasteiger partial charge in [0.05, 0.1) is 36.6 Å². The Kier molecular flexibility index (Phi) is 3.73. The van der Waals surface area contributed by atoms with Gasteiger partial charge in [-0.1, -0.05) is 17.3 Å². The minimum Gasteiger partial charge on any atom is -0.494 e. The van der Waals surface area contributed by atoms with Gasteiger partial charge in [-0.2, -0.15) is 10.5 Å². The van der Waals surface area contributed by atoms with Crippen LogP contribution in [0.25, 0.3) is 16.9 Å². The van der Waals surface area contributed by atoms with Crippen LogP contribution in [0.15, 0.2) is 48.7 Å². The monoisotopic (exact) mass is 301 g/mol. The van der Waals surface area contributed by atoms with E-state index in [2.05, 4.69) is 22.5 Å². The number of ether oxygens (including phenoxy) is 1. The predicted octanol–water partition coefficient (Wildman–Crippen LogP) is 2.69. The van der Waals surface area contributed by atoms with Gasteiger partial charge in [0, 0.05) is 5.56 Å². The number of rotatable bonds is 3. The number of benzene rings is 2. The molecule has 0 aliphatic rings. The Morgan fingerprint density at radius 2 is 1.70 bits per heavy atom. The molecule has 0 N–H and O–H groups in total. The first-order valence-electron chi connectivity index (χ1n) is 6.76. The molecular weight excluding hydrogens is 290 g/mol. The fourth-order valence-corrected chi connectivity index (χ4v) is 2.17. The summed E-state index contributed by atoms with van der Waals surface area (Å²) in [7, 11) is 1.56. The average Bonchev–Trinajstić information content (AvgIpc) is 3.11. The maximum absolute atomic E-state index is 9.04. The maximum Gasteiger partial charge on any atom is 0.144 e. The number of aromatic nitrogens is 3. The van der Waals surface area contributed by atoms with Crippen molar-refractivity contribution in [3.05, 3.63) is 59.8 Å². The Bertz CT molecular complexity index is 929. The van der Waals surface area contributed by atoms with Crippen molar-refractivity contribution in [2.45, 2.75) is 0 Å². The predicted molar refractivity (Wildman–Crippen MR) is 82.8 cm³/mol. The normalized spacial score (nSPS) is 9.87. The zero-order chi connectivity index (χ0) is 16.2. The summed E-state index contributed by atoms with van der Waals surface area (Å²) in [5.41, 5.74) is 3.25. The van der Waals surface area contributed by atoms with Gasteiger partial charge in [0.25, 0.3) is 0 Å². The Morgan fingerprint density at radius 1 is 1.00 bits per heavy atom. The average molecular weight is 301 g/mol. The Morgan fingerprint density at radius 3 is 2.35 bits per heavy atom. The third-order valence-electron chi connectivity index (χ3n) is 3.36. The van der Waals surface area contributed by atoms with Crippen LogP contribution in [0.1, 0.15) is 11.1 Å². The van der Waals surface area contributed by atoms with Crippen molar-refractivity contribution in [1.29, 1.82) is 10.5 Å². The van der Waals surface area contributed by atoms with E-state index in [-0.39, 0.29) is 0 Å². The molecule has 0 spiro atoms. The fraction of sp³-hybridized carbons (Fsp3) is 0.0588. The third kappa shape index (κ3) is 2.74. The van der Waals surface area contributed by atoms with Gasteiger partial charge < -0.3 is 4.74 Å². The van der Waals surface area contributed by atoms with Gasteiger partial charge in [-0.05, 0) is 30.3 Å². The fourth-order valence-electron chi connectivity index (χ4n) is 2.17. The first-order valence-corrected chi connectivity index (χ1v) is 6.76. The maximum atomic E-state index is 9.04. The van der Waals surface area contributed by atoms with Crippen molar-refractivity contribution in [2.24, 2.45) is 0 Å². The summed E-state index contributed by atoms with van der Waals surface area (Å²) in [5, 5.41) is 26.1. The molecule has 0 aliphatic carbocycles. The smallest absolute Gasteiger partial charge is 0.144 e. The van der Waals surface area contributed by atoms with Gasteiger partial charge in [-0.3, -0.25) is 0 Å². The van der Waals surface area contributed by atoms with Gasteiger partial charge in [-0.15, -0.1) is 5.10 Å². The van der Waals surface area contributed by atoms with Crippen molar-refractivity contribution in [3.63, 3.8) is 0 Å². The van der Waals surface area contributed by atoms with Crippen LogP contribution in [0.4, 0.5) is 0 Å². The van der Waals surface area contributed by atoms with Crippen molar-refractivity contribution >= 4 is 0 Å². The second-order valence-electron chi connectivity index (χ2n) is 4.74.